The van der Waals surface area contributed by atoms with Crippen LogP contribution in [0.2, 0.25) is 0 Å². The quantitative estimate of drug-likeness (QED) is 0.818. The Hall–Kier alpha value is -1.52. The molecule has 0 bridgehead atoms. The summed E-state index contributed by atoms with van der Waals surface area (Å²) >= 11 is 5.08. The van der Waals surface area contributed by atoms with Gasteiger partial charge in [-0.2, -0.15) is 0 Å². The second-order valence-electron chi connectivity index (χ2n) is 4.47. The van der Waals surface area contributed by atoms with Gasteiger partial charge in [0.1, 0.15) is 0 Å². The van der Waals surface area contributed by atoms with Crippen LogP contribution in [0.25, 0.3) is 5.57 Å². The molecule has 0 radical (unpaired) electrons. The first-order chi connectivity index (χ1) is 9.74. The van der Waals surface area contributed by atoms with Crippen molar-refractivity contribution in [2.75, 3.05) is 5.32 Å². The van der Waals surface area contributed by atoms with E-state index < -0.39 is 0 Å². The van der Waals surface area contributed by atoms with Crippen molar-refractivity contribution in [2.24, 2.45) is 0 Å². The Morgan fingerprint density at radius 1 is 1.15 bits per heavy atom. The molecule has 2 nitrogen and oxygen atoms in total. The van der Waals surface area contributed by atoms with E-state index in [0.29, 0.717) is 0 Å². The number of carbonyl (C=O) groups excluding carboxylic acids is 1. The molecule has 20 heavy (non-hydrogen) atoms. The maximum absolute atomic E-state index is 12.0. The average Bonchev–Trinajstić information content (AvgIpc) is 2.76. The predicted octanol–water partition coefficient (Wildman–Crippen LogP) is 4.68. The molecule has 0 saturated carbocycles. The second kappa shape index (κ2) is 5.85. The van der Waals surface area contributed by atoms with E-state index >= 15 is 0 Å². The molecule has 1 N–H and O–H groups in total. The second-order valence-corrected chi connectivity index (χ2v) is 6.25. The number of fused-ring (bicyclic) bond motifs is 1. The van der Waals surface area contributed by atoms with Crippen molar-refractivity contribution in [1.82, 2.24) is 0 Å². The van der Waals surface area contributed by atoms with Crippen molar-refractivity contribution in [1.29, 1.82) is 0 Å². The van der Waals surface area contributed by atoms with Crippen LogP contribution in [0.1, 0.15) is 11.1 Å². The number of amides is 1. The van der Waals surface area contributed by atoms with Crippen LogP contribution >= 0.6 is 27.7 Å². The highest BCUT2D eigenvalue weighted by atomic mass is 79.9. The summed E-state index contributed by atoms with van der Waals surface area (Å²) in [6.45, 7) is 0. The summed E-state index contributed by atoms with van der Waals surface area (Å²) in [6.07, 6.45) is 0. The molecule has 0 aromatic heterocycles. The predicted molar refractivity (Wildman–Crippen MR) is 88.5 cm³/mol. The summed E-state index contributed by atoms with van der Waals surface area (Å²) in [5.74, 6) is 0.833. The third kappa shape index (κ3) is 2.81. The topological polar surface area (TPSA) is 29.1 Å². The molecule has 1 aliphatic heterocycles. The number of halogens is 1. The number of carbonyl (C=O) groups is 1. The van der Waals surface area contributed by atoms with E-state index in [9.17, 15) is 4.79 Å². The smallest absolute Gasteiger partial charge is 0.256 e. The van der Waals surface area contributed by atoms with Gasteiger partial charge in [-0.25, -0.2) is 0 Å². The van der Waals surface area contributed by atoms with Gasteiger partial charge in [0.2, 0.25) is 0 Å². The van der Waals surface area contributed by atoms with Gasteiger partial charge >= 0.3 is 0 Å². The molecule has 0 unspecified atom stereocenters. The maximum atomic E-state index is 12.0. The van der Waals surface area contributed by atoms with Crippen LogP contribution in [0.3, 0.4) is 0 Å². The van der Waals surface area contributed by atoms with Crippen molar-refractivity contribution in [3.05, 3.63) is 69.5 Å². The summed E-state index contributed by atoms with van der Waals surface area (Å²) in [7, 11) is 0. The normalized spacial score (nSPS) is 15.2. The van der Waals surface area contributed by atoms with Gasteiger partial charge in [0, 0.05) is 21.5 Å². The lowest BCUT2D eigenvalue weighted by Gasteiger charge is -2.00. The Bertz CT molecular complexity index is 682. The SMILES string of the molecule is O=C1Nc2ccc(Br)cc2C1=CSCc1ccccc1. The Morgan fingerprint density at radius 3 is 2.75 bits per heavy atom. The number of nitrogens with one attached hydrogen (secondary N) is 1. The van der Waals surface area contributed by atoms with Crippen LogP contribution in [0.5, 0.6) is 0 Å². The summed E-state index contributed by atoms with van der Waals surface area (Å²) < 4.78 is 0.978. The van der Waals surface area contributed by atoms with Crippen molar-refractivity contribution in [2.45, 2.75) is 5.75 Å². The van der Waals surface area contributed by atoms with Crippen LogP contribution in [-0.4, -0.2) is 5.91 Å². The lowest BCUT2D eigenvalue weighted by Crippen LogP contribution is -2.03. The van der Waals surface area contributed by atoms with E-state index in [0.717, 1.165) is 27.0 Å². The number of benzene rings is 2. The van der Waals surface area contributed by atoms with Gasteiger partial charge in [-0.05, 0) is 29.2 Å². The number of hydrogen-bond acceptors (Lipinski definition) is 2. The average molecular weight is 346 g/mol. The maximum Gasteiger partial charge on any atom is 0.256 e. The number of thioether (sulfide) groups is 1. The lowest BCUT2D eigenvalue weighted by atomic mass is 10.1. The molecule has 3 rings (SSSR count). The first-order valence-electron chi connectivity index (χ1n) is 6.21. The highest BCUT2D eigenvalue weighted by Gasteiger charge is 2.23. The van der Waals surface area contributed by atoms with Crippen molar-refractivity contribution in [3.8, 4) is 0 Å². The fraction of sp³-hybridized carbons (Fsp3) is 0.0625. The van der Waals surface area contributed by atoms with Gasteiger partial charge in [-0.1, -0.05) is 46.3 Å². The molecule has 0 aliphatic carbocycles. The van der Waals surface area contributed by atoms with Crippen molar-refractivity contribution >= 4 is 44.9 Å². The third-order valence-corrected chi connectivity index (χ3v) is 4.45. The summed E-state index contributed by atoms with van der Waals surface area (Å²) in [6, 6.07) is 16.1. The lowest BCUT2D eigenvalue weighted by molar-refractivity contribution is -0.110. The number of rotatable bonds is 3. The first-order valence-corrected chi connectivity index (χ1v) is 8.05. The van der Waals surface area contributed by atoms with Gasteiger partial charge in [0.05, 0.1) is 5.57 Å². The minimum absolute atomic E-state index is 0.0290. The summed E-state index contributed by atoms with van der Waals surface area (Å²) in [5.41, 5.74) is 3.83. The van der Waals surface area contributed by atoms with E-state index in [4.69, 9.17) is 0 Å². The standard InChI is InChI=1S/C16H12BrNOS/c17-12-6-7-15-13(8-12)14(16(19)18-15)10-20-9-11-4-2-1-3-5-11/h1-8,10H,9H2,(H,18,19). The monoisotopic (exact) mass is 345 g/mol. The molecule has 1 heterocycles. The fourth-order valence-corrected chi connectivity index (χ4v) is 3.30. The van der Waals surface area contributed by atoms with Gasteiger partial charge in [0.25, 0.3) is 5.91 Å². The van der Waals surface area contributed by atoms with Crippen LogP contribution in [-0.2, 0) is 10.5 Å². The minimum atomic E-state index is -0.0290. The number of anilines is 1. The van der Waals surface area contributed by atoms with E-state index in [2.05, 4.69) is 33.4 Å². The molecule has 2 aromatic rings. The zero-order valence-electron chi connectivity index (χ0n) is 10.6. The Kier molecular flexibility index (Phi) is 3.94. The molecule has 100 valence electrons. The first kappa shape index (κ1) is 13.5. The van der Waals surface area contributed by atoms with Crippen molar-refractivity contribution < 1.29 is 4.79 Å². The van der Waals surface area contributed by atoms with Crippen LogP contribution in [0.4, 0.5) is 5.69 Å². The van der Waals surface area contributed by atoms with Gasteiger partial charge in [-0.15, -0.1) is 11.8 Å². The zero-order valence-corrected chi connectivity index (χ0v) is 13.0. The van der Waals surface area contributed by atoms with Gasteiger partial charge in [0.15, 0.2) is 0 Å². The minimum Gasteiger partial charge on any atom is -0.321 e. The molecular formula is C16H12BrNOS. The Labute approximate surface area is 130 Å². The molecule has 4 heteroatoms. The molecular weight excluding hydrogens is 334 g/mol. The Morgan fingerprint density at radius 2 is 1.95 bits per heavy atom. The molecule has 0 atom stereocenters. The highest BCUT2D eigenvalue weighted by Crippen LogP contribution is 2.35. The molecule has 1 amide bonds. The fourth-order valence-electron chi connectivity index (χ4n) is 2.07. The van der Waals surface area contributed by atoms with E-state index in [1.807, 2.05) is 41.8 Å². The Balaban J connectivity index is 1.79. The van der Waals surface area contributed by atoms with E-state index in [1.165, 1.54) is 5.56 Å². The molecule has 2 aromatic carbocycles. The molecule has 0 saturated heterocycles. The summed E-state index contributed by atoms with van der Waals surface area (Å²) in [4.78, 5) is 12.0. The zero-order chi connectivity index (χ0) is 13.9. The van der Waals surface area contributed by atoms with Crippen molar-refractivity contribution in [3.63, 3.8) is 0 Å². The largest absolute Gasteiger partial charge is 0.321 e. The third-order valence-electron chi connectivity index (χ3n) is 3.06. The molecule has 1 aliphatic rings. The number of hydrogen-bond donors (Lipinski definition) is 1. The molecule has 0 spiro atoms. The van der Waals surface area contributed by atoms with E-state index in [-0.39, 0.29) is 5.91 Å². The van der Waals surface area contributed by atoms with Gasteiger partial charge < -0.3 is 5.32 Å². The van der Waals surface area contributed by atoms with Crippen LogP contribution in [0.15, 0.2) is 58.4 Å². The highest BCUT2D eigenvalue weighted by molar-refractivity contribution is 9.10. The van der Waals surface area contributed by atoms with Gasteiger partial charge in [-0.3, -0.25) is 4.79 Å². The van der Waals surface area contributed by atoms with Crippen LogP contribution < -0.4 is 5.32 Å². The molecule has 0 fully saturated rings. The van der Waals surface area contributed by atoms with E-state index in [1.54, 1.807) is 11.8 Å². The van der Waals surface area contributed by atoms with Crippen LogP contribution in [0, 0.1) is 0 Å². The summed E-state index contributed by atoms with van der Waals surface area (Å²) in [5, 5.41) is 4.83.